The van der Waals surface area contributed by atoms with Crippen LogP contribution in [-0.2, 0) is 19.6 Å². The first-order valence-corrected chi connectivity index (χ1v) is 14.0. The van der Waals surface area contributed by atoms with Crippen molar-refractivity contribution < 1.29 is 17.9 Å². The van der Waals surface area contributed by atoms with Crippen molar-refractivity contribution in [3.8, 4) is 0 Å². The van der Waals surface area contributed by atoms with Gasteiger partial charge in [0.2, 0.25) is 15.9 Å². The van der Waals surface area contributed by atoms with Gasteiger partial charge >= 0.3 is 0 Å². The van der Waals surface area contributed by atoms with Crippen LogP contribution in [0.2, 0.25) is 0 Å². The highest BCUT2D eigenvalue weighted by molar-refractivity contribution is 7.89. The molecule has 1 amide bonds. The molecule has 0 spiro atoms. The monoisotopic (exact) mass is 499 g/mol. The Bertz CT molecular complexity index is 1030. The highest BCUT2D eigenvalue weighted by atomic mass is 32.2. The number of nitrogens with zero attached hydrogens (tertiary/aromatic N) is 3. The Hall–Kier alpha value is -2.26. The first kappa shape index (κ1) is 25.8. The van der Waals surface area contributed by atoms with Crippen molar-refractivity contribution in [1.29, 1.82) is 0 Å². The molecule has 0 N–H and O–H groups in total. The molecule has 0 radical (unpaired) electrons. The number of carbonyl (C=O) groups excluding carboxylic acids is 1. The molecule has 0 aromatic heterocycles. The Morgan fingerprint density at radius 2 is 1.57 bits per heavy atom. The van der Waals surface area contributed by atoms with E-state index in [2.05, 4.69) is 17.0 Å². The SMILES string of the molecule is CN(C[C@H](CCN1CCC(C(=O)N2CCOCC2)CC1)c1ccccc1)S(=O)(=O)c1ccccc1. The van der Waals surface area contributed by atoms with Gasteiger partial charge in [-0.1, -0.05) is 48.5 Å². The summed E-state index contributed by atoms with van der Waals surface area (Å²) in [7, 11) is -1.88. The quantitative estimate of drug-likeness (QED) is 0.531. The van der Waals surface area contributed by atoms with Gasteiger partial charge in [0.15, 0.2) is 0 Å². The van der Waals surface area contributed by atoms with E-state index < -0.39 is 10.0 Å². The summed E-state index contributed by atoms with van der Waals surface area (Å²) in [5, 5.41) is 0. The highest BCUT2D eigenvalue weighted by Crippen LogP contribution is 2.26. The second-order valence-electron chi connectivity index (χ2n) is 9.55. The number of sulfonamides is 1. The van der Waals surface area contributed by atoms with Crippen molar-refractivity contribution in [2.24, 2.45) is 5.92 Å². The van der Waals surface area contributed by atoms with E-state index in [4.69, 9.17) is 4.74 Å². The largest absolute Gasteiger partial charge is 0.378 e. The fraction of sp³-hybridized carbons (Fsp3) is 0.519. The van der Waals surface area contributed by atoms with E-state index in [9.17, 15) is 13.2 Å². The minimum Gasteiger partial charge on any atom is -0.378 e. The Morgan fingerprint density at radius 1 is 0.971 bits per heavy atom. The minimum atomic E-state index is -3.54. The van der Waals surface area contributed by atoms with Crippen LogP contribution >= 0.6 is 0 Å². The fourth-order valence-electron chi connectivity index (χ4n) is 5.05. The number of morpholine rings is 1. The molecule has 2 aromatic carbocycles. The van der Waals surface area contributed by atoms with Crippen molar-refractivity contribution >= 4 is 15.9 Å². The Balaban J connectivity index is 1.34. The van der Waals surface area contributed by atoms with E-state index in [1.54, 1.807) is 31.3 Å². The van der Waals surface area contributed by atoms with Gasteiger partial charge in [0, 0.05) is 32.6 Å². The van der Waals surface area contributed by atoms with E-state index >= 15 is 0 Å². The third-order valence-corrected chi connectivity index (χ3v) is 9.09. The van der Waals surface area contributed by atoms with Crippen LogP contribution in [0.15, 0.2) is 65.6 Å². The molecule has 0 unspecified atom stereocenters. The maximum atomic E-state index is 13.1. The number of amides is 1. The number of rotatable bonds is 9. The van der Waals surface area contributed by atoms with E-state index in [1.165, 1.54) is 4.31 Å². The number of likely N-dealkylation sites (N-methyl/N-ethyl adjacent to an activating group) is 1. The molecule has 7 nitrogen and oxygen atoms in total. The summed E-state index contributed by atoms with van der Waals surface area (Å²) < 4.78 is 33.1. The summed E-state index contributed by atoms with van der Waals surface area (Å²) in [5.74, 6) is 0.478. The van der Waals surface area contributed by atoms with Gasteiger partial charge in [-0.2, -0.15) is 0 Å². The van der Waals surface area contributed by atoms with Crippen LogP contribution < -0.4 is 0 Å². The molecule has 2 aromatic rings. The van der Waals surface area contributed by atoms with Gasteiger partial charge in [0.25, 0.3) is 0 Å². The van der Waals surface area contributed by atoms with Crippen LogP contribution in [-0.4, -0.2) is 88.0 Å². The molecule has 1 atom stereocenters. The van der Waals surface area contributed by atoms with Gasteiger partial charge in [0.1, 0.15) is 0 Å². The summed E-state index contributed by atoms with van der Waals surface area (Å²) in [6.07, 6.45) is 2.63. The van der Waals surface area contributed by atoms with Crippen LogP contribution in [0.4, 0.5) is 0 Å². The molecule has 8 heteroatoms. The van der Waals surface area contributed by atoms with E-state index in [0.717, 1.165) is 44.5 Å². The van der Waals surface area contributed by atoms with Gasteiger partial charge in [-0.15, -0.1) is 0 Å². The maximum absolute atomic E-state index is 13.1. The lowest BCUT2D eigenvalue weighted by Crippen LogP contribution is -2.47. The molecule has 0 saturated carbocycles. The zero-order chi connectivity index (χ0) is 24.7. The number of hydrogen-bond acceptors (Lipinski definition) is 5. The number of benzene rings is 2. The van der Waals surface area contributed by atoms with Crippen molar-refractivity contribution in [2.45, 2.75) is 30.1 Å². The number of likely N-dealkylation sites (tertiary alicyclic amines) is 1. The highest BCUT2D eigenvalue weighted by Gasteiger charge is 2.30. The van der Waals surface area contributed by atoms with Crippen LogP contribution in [0, 0.1) is 5.92 Å². The molecule has 2 heterocycles. The maximum Gasteiger partial charge on any atom is 0.242 e. The van der Waals surface area contributed by atoms with Crippen molar-refractivity contribution in [3.05, 3.63) is 66.2 Å². The third-order valence-electron chi connectivity index (χ3n) is 7.25. The molecule has 190 valence electrons. The molecular formula is C27H37N3O4S. The zero-order valence-electron chi connectivity index (χ0n) is 20.6. The minimum absolute atomic E-state index is 0.0902. The number of carbonyl (C=O) groups is 1. The molecule has 2 aliphatic heterocycles. The van der Waals surface area contributed by atoms with Gasteiger partial charge in [-0.05, 0) is 62.5 Å². The van der Waals surface area contributed by atoms with Crippen LogP contribution in [0.3, 0.4) is 0 Å². The zero-order valence-corrected chi connectivity index (χ0v) is 21.4. The molecular weight excluding hydrogens is 462 g/mol. The number of ether oxygens (including phenoxy) is 1. The summed E-state index contributed by atoms with van der Waals surface area (Å²) >= 11 is 0. The smallest absolute Gasteiger partial charge is 0.242 e. The molecule has 2 saturated heterocycles. The van der Waals surface area contributed by atoms with E-state index in [-0.39, 0.29) is 17.7 Å². The molecule has 0 aliphatic carbocycles. The molecule has 4 rings (SSSR count). The first-order valence-electron chi connectivity index (χ1n) is 12.6. The van der Waals surface area contributed by atoms with Crippen LogP contribution in [0.1, 0.15) is 30.7 Å². The fourth-order valence-corrected chi connectivity index (χ4v) is 6.29. The molecule has 2 aliphatic rings. The Morgan fingerprint density at radius 3 is 2.20 bits per heavy atom. The first-order chi connectivity index (χ1) is 16.9. The predicted octanol–water partition coefficient (Wildman–Crippen LogP) is 3.05. The van der Waals surface area contributed by atoms with Crippen molar-refractivity contribution in [3.63, 3.8) is 0 Å². The Kier molecular flexibility index (Phi) is 8.94. The second-order valence-corrected chi connectivity index (χ2v) is 11.6. The summed E-state index contributed by atoms with van der Waals surface area (Å²) in [6, 6.07) is 18.8. The summed E-state index contributed by atoms with van der Waals surface area (Å²) in [6.45, 7) is 5.81. The summed E-state index contributed by atoms with van der Waals surface area (Å²) in [4.78, 5) is 17.5. The third kappa shape index (κ3) is 6.70. The van der Waals surface area contributed by atoms with Crippen molar-refractivity contribution in [1.82, 2.24) is 14.1 Å². The normalized spacial score (nSPS) is 19.1. The lowest BCUT2D eigenvalue weighted by atomic mass is 9.92. The van der Waals surface area contributed by atoms with Gasteiger partial charge < -0.3 is 14.5 Å². The lowest BCUT2D eigenvalue weighted by Gasteiger charge is -2.36. The average Bonchev–Trinajstić information content (AvgIpc) is 2.92. The molecule has 35 heavy (non-hydrogen) atoms. The van der Waals surface area contributed by atoms with Gasteiger partial charge in [-0.3, -0.25) is 4.79 Å². The number of hydrogen-bond donors (Lipinski definition) is 0. The van der Waals surface area contributed by atoms with Crippen LogP contribution in [0.5, 0.6) is 0 Å². The van der Waals surface area contributed by atoms with Gasteiger partial charge in [0.05, 0.1) is 18.1 Å². The Labute approximate surface area is 209 Å². The van der Waals surface area contributed by atoms with Crippen LogP contribution in [0.25, 0.3) is 0 Å². The van der Waals surface area contributed by atoms with Gasteiger partial charge in [-0.25, -0.2) is 12.7 Å². The van der Waals surface area contributed by atoms with E-state index in [1.807, 2.05) is 29.2 Å². The summed E-state index contributed by atoms with van der Waals surface area (Å²) in [5.41, 5.74) is 1.15. The average molecular weight is 500 g/mol. The topological polar surface area (TPSA) is 70.2 Å². The predicted molar refractivity (Wildman–Crippen MR) is 137 cm³/mol. The second kappa shape index (κ2) is 12.1. The van der Waals surface area contributed by atoms with Crippen molar-refractivity contribution in [2.75, 3.05) is 59.5 Å². The van der Waals surface area contributed by atoms with E-state index in [0.29, 0.717) is 37.7 Å². The number of piperidine rings is 1. The standard InChI is InChI=1S/C27H37N3O4S/c1-28(35(32,33)26-10-6-3-7-11-26)22-25(23-8-4-2-5-9-23)14-17-29-15-12-24(13-16-29)27(31)30-18-20-34-21-19-30/h2-11,24-25H,12-22H2,1H3/t25-/m0/s1. The molecule has 2 fully saturated rings. The molecule has 0 bridgehead atoms. The lowest BCUT2D eigenvalue weighted by molar-refractivity contribution is -0.141.